The summed E-state index contributed by atoms with van der Waals surface area (Å²) in [5.74, 6) is 0.906. The quantitative estimate of drug-likeness (QED) is 0.728. The van der Waals surface area contributed by atoms with E-state index >= 15 is 0 Å². The Bertz CT molecular complexity index is 352. The van der Waals surface area contributed by atoms with Crippen molar-refractivity contribution in [3.63, 3.8) is 0 Å². The van der Waals surface area contributed by atoms with Crippen LogP contribution in [0.25, 0.3) is 0 Å². The van der Waals surface area contributed by atoms with Crippen molar-refractivity contribution in [3.8, 4) is 11.9 Å². The van der Waals surface area contributed by atoms with E-state index in [1.807, 2.05) is 6.07 Å². The molecule has 2 rings (SSSR count). The lowest BCUT2D eigenvalue weighted by Crippen LogP contribution is -2.12. The van der Waals surface area contributed by atoms with Gasteiger partial charge >= 0.3 is 0 Å². The highest BCUT2D eigenvalue weighted by Gasteiger charge is 2.16. The minimum Gasteiger partial charge on any atom is -0.476 e. The Morgan fingerprint density at radius 3 is 3.07 bits per heavy atom. The Morgan fingerprint density at radius 2 is 2.47 bits per heavy atom. The number of nitriles is 1. The van der Waals surface area contributed by atoms with E-state index in [4.69, 9.17) is 14.7 Å². The Kier molecular flexibility index (Phi) is 3.10. The first kappa shape index (κ1) is 9.87. The van der Waals surface area contributed by atoms with Crippen LogP contribution in [0.3, 0.4) is 0 Å². The van der Waals surface area contributed by atoms with Crippen LogP contribution in [-0.4, -0.2) is 29.8 Å². The molecular formula is C10H11N3O2. The van der Waals surface area contributed by atoms with E-state index in [-0.39, 0.29) is 0 Å². The second kappa shape index (κ2) is 4.71. The molecule has 0 saturated carbocycles. The Morgan fingerprint density at radius 1 is 1.53 bits per heavy atom. The average molecular weight is 205 g/mol. The summed E-state index contributed by atoms with van der Waals surface area (Å²) in [6.07, 6.45) is 3.90. The molecule has 0 aliphatic carbocycles. The molecule has 1 atom stereocenters. The normalized spacial score (nSPS) is 19.8. The molecule has 15 heavy (non-hydrogen) atoms. The number of aromatic nitrogens is 2. The molecule has 0 N–H and O–H groups in total. The fourth-order valence-electron chi connectivity index (χ4n) is 1.37. The first-order valence-electron chi connectivity index (χ1n) is 4.81. The van der Waals surface area contributed by atoms with Crippen molar-refractivity contribution in [2.24, 2.45) is 5.92 Å². The van der Waals surface area contributed by atoms with Crippen molar-refractivity contribution in [2.45, 2.75) is 6.42 Å². The average Bonchev–Trinajstić information content (AvgIpc) is 2.80. The summed E-state index contributed by atoms with van der Waals surface area (Å²) in [7, 11) is 0. The molecule has 0 aromatic carbocycles. The zero-order chi connectivity index (χ0) is 10.5. The number of hydrogen-bond acceptors (Lipinski definition) is 5. The predicted molar refractivity (Wildman–Crippen MR) is 51.2 cm³/mol. The summed E-state index contributed by atoms with van der Waals surface area (Å²) in [6.45, 7) is 2.16. The van der Waals surface area contributed by atoms with Gasteiger partial charge in [-0.2, -0.15) is 5.26 Å². The third-order valence-corrected chi connectivity index (χ3v) is 2.23. The van der Waals surface area contributed by atoms with E-state index in [2.05, 4.69) is 9.97 Å². The highest BCUT2D eigenvalue weighted by molar-refractivity contribution is 5.18. The Hall–Kier alpha value is -1.67. The van der Waals surface area contributed by atoms with E-state index in [0.29, 0.717) is 24.1 Å². The van der Waals surface area contributed by atoms with Crippen molar-refractivity contribution < 1.29 is 9.47 Å². The van der Waals surface area contributed by atoms with Gasteiger partial charge in [0.15, 0.2) is 5.69 Å². The lowest BCUT2D eigenvalue weighted by atomic mass is 10.1. The lowest BCUT2D eigenvalue weighted by molar-refractivity contribution is 0.165. The smallest absolute Gasteiger partial charge is 0.232 e. The third-order valence-electron chi connectivity index (χ3n) is 2.23. The summed E-state index contributed by atoms with van der Waals surface area (Å²) < 4.78 is 10.6. The van der Waals surface area contributed by atoms with Gasteiger partial charge in [0.1, 0.15) is 6.07 Å². The van der Waals surface area contributed by atoms with Crippen LogP contribution >= 0.6 is 0 Å². The standard InChI is InChI=1S/C10H11N3O2/c11-3-9-4-13-10(5-12-9)15-7-8-1-2-14-6-8/h4-5,8H,1-2,6-7H2. The van der Waals surface area contributed by atoms with Gasteiger partial charge in [0.25, 0.3) is 0 Å². The Balaban J connectivity index is 1.85. The van der Waals surface area contributed by atoms with E-state index < -0.39 is 0 Å². The summed E-state index contributed by atoms with van der Waals surface area (Å²) >= 11 is 0. The monoisotopic (exact) mass is 205 g/mol. The molecule has 0 spiro atoms. The molecule has 1 saturated heterocycles. The second-order valence-electron chi connectivity index (χ2n) is 3.39. The van der Waals surface area contributed by atoms with Crippen LogP contribution in [0.4, 0.5) is 0 Å². The van der Waals surface area contributed by atoms with Crippen LogP contribution in [0.1, 0.15) is 12.1 Å². The summed E-state index contributed by atoms with van der Waals surface area (Å²) in [6, 6.07) is 1.90. The molecule has 5 nitrogen and oxygen atoms in total. The maximum atomic E-state index is 8.52. The fraction of sp³-hybridized carbons (Fsp3) is 0.500. The van der Waals surface area contributed by atoms with Gasteiger partial charge in [0, 0.05) is 12.5 Å². The van der Waals surface area contributed by atoms with Crippen molar-refractivity contribution >= 4 is 0 Å². The summed E-state index contributed by atoms with van der Waals surface area (Å²) in [5, 5.41) is 8.52. The highest BCUT2D eigenvalue weighted by Crippen LogP contribution is 2.14. The lowest BCUT2D eigenvalue weighted by Gasteiger charge is -2.08. The van der Waals surface area contributed by atoms with Gasteiger partial charge in [-0.1, -0.05) is 0 Å². The zero-order valence-electron chi connectivity index (χ0n) is 8.22. The topological polar surface area (TPSA) is 68.0 Å². The van der Waals surface area contributed by atoms with E-state index in [1.54, 1.807) is 0 Å². The molecule has 1 fully saturated rings. The van der Waals surface area contributed by atoms with Crippen LogP contribution in [0.5, 0.6) is 5.88 Å². The highest BCUT2D eigenvalue weighted by atomic mass is 16.5. The van der Waals surface area contributed by atoms with Crippen LogP contribution in [0.15, 0.2) is 12.4 Å². The maximum Gasteiger partial charge on any atom is 0.232 e. The second-order valence-corrected chi connectivity index (χ2v) is 3.39. The molecule has 1 aromatic rings. The van der Waals surface area contributed by atoms with E-state index in [9.17, 15) is 0 Å². The number of nitrogens with zero attached hydrogens (tertiary/aromatic N) is 3. The van der Waals surface area contributed by atoms with Gasteiger partial charge in [0.2, 0.25) is 5.88 Å². The van der Waals surface area contributed by atoms with E-state index in [1.165, 1.54) is 12.4 Å². The van der Waals surface area contributed by atoms with Gasteiger partial charge in [-0.05, 0) is 6.42 Å². The molecule has 1 aliphatic rings. The van der Waals surface area contributed by atoms with Gasteiger partial charge in [0.05, 0.1) is 25.6 Å². The molecule has 0 amide bonds. The minimum atomic E-state index is 0.298. The number of ether oxygens (including phenoxy) is 2. The van der Waals surface area contributed by atoms with Crippen molar-refractivity contribution in [1.29, 1.82) is 5.26 Å². The first-order chi connectivity index (χ1) is 7.38. The number of rotatable bonds is 3. The van der Waals surface area contributed by atoms with Crippen molar-refractivity contribution in [1.82, 2.24) is 9.97 Å². The van der Waals surface area contributed by atoms with Crippen LogP contribution in [0.2, 0.25) is 0 Å². The molecule has 78 valence electrons. The van der Waals surface area contributed by atoms with Gasteiger partial charge in [-0.15, -0.1) is 0 Å². The number of hydrogen-bond donors (Lipinski definition) is 0. The maximum absolute atomic E-state index is 8.52. The molecule has 1 aliphatic heterocycles. The molecule has 0 bridgehead atoms. The van der Waals surface area contributed by atoms with Crippen molar-refractivity contribution in [2.75, 3.05) is 19.8 Å². The third kappa shape index (κ3) is 2.64. The Labute approximate surface area is 87.7 Å². The largest absolute Gasteiger partial charge is 0.476 e. The molecule has 0 radical (unpaired) electrons. The fourth-order valence-corrected chi connectivity index (χ4v) is 1.37. The van der Waals surface area contributed by atoms with Crippen molar-refractivity contribution in [3.05, 3.63) is 18.1 Å². The summed E-state index contributed by atoms with van der Waals surface area (Å²) in [4.78, 5) is 7.82. The molecule has 5 heteroatoms. The predicted octanol–water partition coefficient (Wildman–Crippen LogP) is 0.764. The molecule has 1 unspecified atom stereocenters. The van der Waals surface area contributed by atoms with Gasteiger partial charge < -0.3 is 9.47 Å². The molecule has 1 aromatic heterocycles. The first-order valence-corrected chi connectivity index (χ1v) is 4.81. The summed E-state index contributed by atoms with van der Waals surface area (Å²) in [5.41, 5.74) is 0.298. The zero-order valence-corrected chi connectivity index (χ0v) is 8.22. The van der Waals surface area contributed by atoms with Crippen LogP contribution in [0, 0.1) is 17.2 Å². The van der Waals surface area contributed by atoms with Gasteiger partial charge in [-0.3, -0.25) is 0 Å². The molecule has 2 heterocycles. The van der Waals surface area contributed by atoms with E-state index in [0.717, 1.165) is 19.6 Å². The van der Waals surface area contributed by atoms with Crippen LogP contribution < -0.4 is 4.74 Å². The minimum absolute atomic E-state index is 0.298. The SMILES string of the molecule is N#Cc1cnc(OCC2CCOC2)cn1. The van der Waals surface area contributed by atoms with Gasteiger partial charge in [-0.25, -0.2) is 9.97 Å². The van der Waals surface area contributed by atoms with Crippen LogP contribution in [-0.2, 0) is 4.74 Å². The molecular weight excluding hydrogens is 194 g/mol.